The van der Waals surface area contributed by atoms with Crippen molar-refractivity contribution >= 4 is 21.7 Å². The molecule has 1 aromatic heterocycles. The smallest absolute Gasteiger partial charge is 0.146 e. The number of nitrogens with two attached hydrogens (primary N) is 1. The molecule has 0 bridgehead atoms. The van der Waals surface area contributed by atoms with Gasteiger partial charge in [-0.2, -0.15) is 0 Å². The predicted molar refractivity (Wildman–Crippen MR) is 38.9 cm³/mol. The summed E-state index contributed by atoms with van der Waals surface area (Å²) in [6.07, 6.45) is 1.62. The predicted octanol–water partition coefficient (Wildman–Crippen LogP) is 1.13. The third kappa shape index (κ3) is 1.38. The second kappa shape index (κ2) is 2.31. The molecule has 1 aromatic rings. The largest absolute Gasteiger partial charge is 0.382 e. The maximum Gasteiger partial charge on any atom is 0.146 e. The molecular weight excluding hydrogens is 182 g/mol. The van der Waals surface area contributed by atoms with Gasteiger partial charge in [-0.15, -0.1) is 0 Å². The number of halogens is 1. The summed E-state index contributed by atoms with van der Waals surface area (Å²) in [6, 6.07) is 0. The third-order valence-corrected chi connectivity index (χ3v) is 1.34. The molecule has 0 aliphatic rings. The number of hydrogen-bond donors (Lipinski definition) is 1. The van der Waals surface area contributed by atoms with Gasteiger partial charge in [0.1, 0.15) is 10.4 Å². The van der Waals surface area contributed by atoms with Crippen molar-refractivity contribution in [1.82, 2.24) is 9.97 Å². The zero-order valence-electron chi connectivity index (χ0n) is 4.93. The molecule has 0 unspecified atom stereocenters. The third-order valence-electron chi connectivity index (χ3n) is 0.963. The highest BCUT2D eigenvalue weighted by molar-refractivity contribution is 9.10. The molecule has 3 nitrogen and oxygen atoms in total. The SMILES string of the molecule is Cc1ncc(Br)nc1N. The number of anilines is 1. The molecule has 2 N–H and O–H groups in total. The first-order valence-corrected chi connectivity index (χ1v) is 3.24. The van der Waals surface area contributed by atoms with E-state index >= 15 is 0 Å². The maximum absolute atomic E-state index is 5.42. The molecule has 0 saturated carbocycles. The zero-order chi connectivity index (χ0) is 6.85. The highest BCUT2D eigenvalue weighted by Gasteiger charge is 1.94. The number of nitrogens with zero attached hydrogens (tertiary/aromatic N) is 2. The van der Waals surface area contributed by atoms with Crippen LogP contribution in [-0.2, 0) is 0 Å². The van der Waals surface area contributed by atoms with Crippen LogP contribution < -0.4 is 5.73 Å². The molecule has 0 fully saturated rings. The van der Waals surface area contributed by atoms with Crippen LogP contribution in [0.1, 0.15) is 5.69 Å². The molecule has 0 aromatic carbocycles. The van der Waals surface area contributed by atoms with Gasteiger partial charge in [0.2, 0.25) is 0 Å². The van der Waals surface area contributed by atoms with Gasteiger partial charge in [0.25, 0.3) is 0 Å². The molecule has 9 heavy (non-hydrogen) atoms. The van der Waals surface area contributed by atoms with E-state index in [1.165, 1.54) is 0 Å². The van der Waals surface area contributed by atoms with Crippen LogP contribution in [0, 0.1) is 6.92 Å². The van der Waals surface area contributed by atoms with E-state index in [2.05, 4.69) is 25.9 Å². The van der Waals surface area contributed by atoms with Crippen molar-refractivity contribution in [3.05, 3.63) is 16.5 Å². The first-order chi connectivity index (χ1) is 4.20. The van der Waals surface area contributed by atoms with Crippen molar-refractivity contribution in [2.45, 2.75) is 6.92 Å². The molecule has 4 heteroatoms. The Labute approximate surface area is 61.4 Å². The Morgan fingerprint density at radius 1 is 1.67 bits per heavy atom. The molecule has 0 atom stereocenters. The van der Waals surface area contributed by atoms with Crippen LogP contribution in [0.15, 0.2) is 10.8 Å². The van der Waals surface area contributed by atoms with Gasteiger partial charge in [0.15, 0.2) is 0 Å². The molecule has 48 valence electrons. The highest BCUT2D eigenvalue weighted by atomic mass is 79.9. The Kier molecular flexibility index (Phi) is 1.66. The minimum Gasteiger partial charge on any atom is -0.382 e. The second-order valence-electron chi connectivity index (χ2n) is 1.66. The normalized spacial score (nSPS) is 9.56. The van der Waals surface area contributed by atoms with Gasteiger partial charge in [0, 0.05) is 0 Å². The monoisotopic (exact) mass is 187 g/mol. The summed E-state index contributed by atoms with van der Waals surface area (Å²) in [5.41, 5.74) is 6.18. The molecule has 1 heterocycles. The Hall–Kier alpha value is -0.640. The fourth-order valence-electron chi connectivity index (χ4n) is 0.441. The fraction of sp³-hybridized carbons (Fsp3) is 0.200. The van der Waals surface area contributed by atoms with E-state index in [1.54, 1.807) is 6.20 Å². The zero-order valence-corrected chi connectivity index (χ0v) is 6.51. The Bertz CT molecular complexity index is 223. The van der Waals surface area contributed by atoms with Crippen molar-refractivity contribution in [3.8, 4) is 0 Å². The van der Waals surface area contributed by atoms with Crippen molar-refractivity contribution < 1.29 is 0 Å². The van der Waals surface area contributed by atoms with Crippen LogP contribution in [0.2, 0.25) is 0 Å². The molecule has 0 spiro atoms. The second-order valence-corrected chi connectivity index (χ2v) is 2.48. The topological polar surface area (TPSA) is 51.8 Å². The number of aromatic nitrogens is 2. The van der Waals surface area contributed by atoms with E-state index in [4.69, 9.17) is 5.73 Å². The standard InChI is InChI=1S/C5H6BrN3/c1-3-5(7)9-4(6)2-8-3/h2H,1H3,(H2,7,9). The van der Waals surface area contributed by atoms with Crippen molar-refractivity contribution in [2.24, 2.45) is 0 Å². The summed E-state index contributed by atoms with van der Waals surface area (Å²) in [5, 5.41) is 0. The van der Waals surface area contributed by atoms with E-state index in [1.807, 2.05) is 6.92 Å². The van der Waals surface area contributed by atoms with Crippen molar-refractivity contribution in [2.75, 3.05) is 5.73 Å². The average molecular weight is 188 g/mol. The molecule has 0 aliphatic carbocycles. The Morgan fingerprint density at radius 3 is 2.78 bits per heavy atom. The quantitative estimate of drug-likeness (QED) is 0.663. The van der Waals surface area contributed by atoms with Gasteiger partial charge in [0.05, 0.1) is 11.9 Å². The van der Waals surface area contributed by atoms with Crippen molar-refractivity contribution in [1.29, 1.82) is 0 Å². The lowest BCUT2D eigenvalue weighted by Crippen LogP contribution is -1.95. The first-order valence-electron chi connectivity index (χ1n) is 2.45. The van der Waals surface area contributed by atoms with Crippen LogP contribution in [0.3, 0.4) is 0 Å². The van der Waals surface area contributed by atoms with Crippen LogP contribution in [0.4, 0.5) is 5.82 Å². The fourth-order valence-corrected chi connectivity index (χ4v) is 0.734. The van der Waals surface area contributed by atoms with Gasteiger partial charge in [-0.3, -0.25) is 4.98 Å². The van der Waals surface area contributed by atoms with Gasteiger partial charge >= 0.3 is 0 Å². The molecule has 0 amide bonds. The minimum atomic E-state index is 0.476. The van der Waals surface area contributed by atoms with Crippen LogP contribution >= 0.6 is 15.9 Å². The number of aryl methyl sites for hydroxylation is 1. The van der Waals surface area contributed by atoms with Crippen molar-refractivity contribution in [3.63, 3.8) is 0 Å². The minimum absolute atomic E-state index is 0.476. The lowest BCUT2D eigenvalue weighted by Gasteiger charge is -1.95. The first kappa shape index (κ1) is 6.48. The summed E-state index contributed by atoms with van der Waals surface area (Å²) in [6.45, 7) is 1.81. The van der Waals surface area contributed by atoms with Gasteiger partial charge in [-0.05, 0) is 22.9 Å². The summed E-state index contributed by atoms with van der Waals surface area (Å²) in [4.78, 5) is 7.85. The lowest BCUT2D eigenvalue weighted by atomic mass is 10.5. The van der Waals surface area contributed by atoms with Gasteiger partial charge < -0.3 is 5.73 Å². The summed E-state index contributed by atoms with van der Waals surface area (Å²) < 4.78 is 0.672. The van der Waals surface area contributed by atoms with Crippen LogP contribution in [0.25, 0.3) is 0 Å². The molecule has 0 radical (unpaired) electrons. The average Bonchev–Trinajstić information content (AvgIpc) is 1.80. The van der Waals surface area contributed by atoms with E-state index in [9.17, 15) is 0 Å². The summed E-state index contributed by atoms with van der Waals surface area (Å²) in [7, 11) is 0. The molecule has 0 aliphatic heterocycles. The highest BCUT2D eigenvalue weighted by Crippen LogP contribution is 2.08. The molecule has 0 saturated heterocycles. The van der Waals surface area contributed by atoms with E-state index in [-0.39, 0.29) is 0 Å². The number of hydrogen-bond acceptors (Lipinski definition) is 3. The molecular formula is C5H6BrN3. The van der Waals surface area contributed by atoms with Gasteiger partial charge in [-0.1, -0.05) is 0 Å². The Balaban J connectivity index is 3.17. The number of nitrogen functional groups attached to an aromatic ring is 1. The summed E-state index contributed by atoms with van der Waals surface area (Å²) >= 11 is 3.14. The van der Waals surface area contributed by atoms with Gasteiger partial charge in [-0.25, -0.2) is 4.98 Å². The molecule has 1 rings (SSSR count). The summed E-state index contributed by atoms with van der Waals surface area (Å²) in [5.74, 6) is 0.476. The number of rotatable bonds is 0. The van der Waals surface area contributed by atoms with E-state index in [0.717, 1.165) is 5.69 Å². The maximum atomic E-state index is 5.42. The lowest BCUT2D eigenvalue weighted by molar-refractivity contribution is 1.10. The van der Waals surface area contributed by atoms with Crippen LogP contribution in [0.5, 0.6) is 0 Å². The Morgan fingerprint density at radius 2 is 2.33 bits per heavy atom. The van der Waals surface area contributed by atoms with Crippen LogP contribution in [-0.4, -0.2) is 9.97 Å². The van der Waals surface area contributed by atoms with E-state index < -0.39 is 0 Å². The van der Waals surface area contributed by atoms with E-state index in [0.29, 0.717) is 10.4 Å².